The molecule has 0 bridgehead atoms. The highest BCUT2D eigenvalue weighted by Crippen LogP contribution is 2.28. The lowest BCUT2D eigenvalue weighted by molar-refractivity contribution is -0.123. The van der Waals surface area contributed by atoms with Crippen LogP contribution in [0.3, 0.4) is 0 Å². The van der Waals surface area contributed by atoms with E-state index in [9.17, 15) is 4.79 Å². The summed E-state index contributed by atoms with van der Waals surface area (Å²) in [5.74, 6) is 0.267. The molecule has 1 amide bonds. The van der Waals surface area contributed by atoms with Gasteiger partial charge in [0.1, 0.15) is 5.75 Å². The van der Waals surface area contributed by atoms with Crippen molar-refractivity contribution in [1.29, 1.82) is 0 Å². The van der Waals surface area contributed by atoms with Gasteiger partial charge in [-0.25, -0.2) is 5.43 Å². The minimum absolute atomic E-state index is 0.116. The highest BCUT2D eigenvalue weighted by atomic mass is 79.9. The fourth-order valence-corrected chi connectivity index (χ4v) is 3.40. The number of nitrogens with one attached hydrogen (secondary N) is 1. The number of hydrogen-bond acceptors (Lipinski definition) is 3. The predicted octanol–water partition coefficient (Wildman–Crippen LogP) is 4.89. The number of amides is 1. The molecular formula is C19H14Br2N2O2. The van der Waals surface area contributed by atoms with Gasteiger partial charge in [-0.1, -0.05) is 52.3 Å². The van der Waals surface area contributed by atoms with Crippen molar-refractivity contribution in [2.75, 3.05) is 6.61 Å². The molecular weight excluding hydrogens is 448 g/mol. The fourth-order valence-electron chi connectivity index (χ4n) is 2.23. The topological polar surface area (TPSA) is 50.7 Å². The summed E-state index contributed by atoms with van der Waals surface area (Å²) in [6, 6.07) is 19.5. The Morgan fingerprint density at radius 1 is 1.04 bits per heavy atom. The molecule has 25 heavy (non-hydrogen) atoms. The summed E-state index contributed by atoms with van der Waals surface area (Å²) in [7, 11) is 0. The van der Waals surface area contributed by atoms with Gasteiger partial charge >= 0.3 is 0 Å². The second kappa shape index (κ2) is 8.27. The van der Waals surface area contributed by atoms with Crippen LogP contribution in [-0.2, 0) is 4.79 Å². The van der Waals surface area contributed by atoms with Gasteiger partial charge in [-0.05, 0) is 56.5 Å². The quantitative estimate of drug-likeness (QED) is 0.434. The Morgan fingerprint density at radius 2 is 1.84 bits per heavy atom. The molecule has 0 aliphatic rings. The Morgan fingerprint density at radius 3 is 2.64 bits per heavy atom. The van der Waals surface area contributed by atoms with Gasteiger partial charge in [-0.3, -0.25) is 4.79 Å². The van der Waals surface area contributed by atoms with E-state index in [1.165, 1.54) is 0 Å². The number of benzene rings is 3. The van der Waals surface area contributed by atoms with E-state index in [0.717, 1.165) is 25.3 Å². The van der Waals surface area contributed by atoms with E-state index in [4.69, 9.17) is 4.74 Å². The number of hydrogen-bond donors (Lipinski definition) is 1. The van der Waals surface area contributed by atoms with Crippen molar-refractivity contribution in [1.82, 2.24) is 5.43 Å². The maximum atomic E-state index is 11.8. The smallest absolute Gasteiger partial charge is 0.277 e. The Kier molecular flexibility index (Phi) is 5.83. The number of fused-ring (bicyclic) bond motifs is 1. The van der Waals surface area contributed by atoms with Crippen molar-refractivity contribution < 1.29 is 9.53 Å². The van der Waals surface area contributed by atoms with Crippen LogP contribution in [0.25, 0.3) is 10.8 Å². The van der Waals surface area contributed by atoms with E-state index < -0.39 is 0 Å². The summed E-state index contributed by atoms with van der Waals surface area (Å²) >= 11 is 6.75. The molecule has 3 rings (SSSR count). The molecule has 3 aromatic carbocycles. The molecule has 0 aromatic heterocycles. The minimum Gasteiger partial charge on any atom is -0.483 e. The Balaban J connectivity index is 1.54. The van der Waals surface area contributed by atoms with E-state index in [2.05, 4.69) is 48.5 Å². The molecule has 0 radical (unpaired) electrons. The lowest BCUT2D eigenvalue weighted by Crippen LogP contribution is -2.24. The van der Waals surface area contributed by atoms with Crippen molar-refractivity contribution in [2.24, 2.45) is 5.10 Å². The lowest BCUT2D eigenvalue weighted by atomic mass is 10.1. The summed E-state index contributed by atoms with van der Waals surface area (Å²) in [5, 5.41) is 6.26. The Bertz CT molecular complexity index is 942. The standard InChI is InChI=1S/C19H14Br2N2O2/c20-16-7-8-18(17(21)10-16)25-12-19(24)23-22-11-13-5-6-14-3-1-2-4-15(14)9-13/h1-11H,12H2,(H,23,24)/b22-11+. The number of hydrazone groups is 1. The molecule has 0 fully saturated rings. The SMILES string of the molecule is O=C(COc1ccc(Br)cc1Br)N/N=C/c1ccc2ccccc2c1. The normalized spacial score (nSPS) is 11.0. The van der Waals surface area contributed by atoms with Crippen LogP contribution >= 0.6 is 31.9 Å². The number of ether oxygens (including phenoxy) is 1. The highest BCUT2D eigenvalue weighted by molar-refractivity contribution is 9.11. The monoisotopic (exact) mass is 460 g/mol. The first-order valence-corrected chi connectivity index (χ1v) is 9.09. The van der Waals surface area contributed by atoms with Crippen LogP contribution in [0.2, 0.25) is 0 Å². The predicted molar refractivity (Wildman–Crippen MR) is 107 cm³/mol. The zero-order valence-corrected chi connectivity index (χ0v) is 16.2. The van der Waals surface area contributed by atoms with Crippen molar-refractivity contribution in [3.05, 3.63) is 75.2 Å². The molecule has 0 saturated carbocycles. The molecule has 3 aromatic rings. The van der Waals surface area contributed by atoms with Gasteiger partial charge in [0, 0.05) is 4.47 Å². The molecule has 1 N–H and O–H groups in total. The van der Waals surface area contributed by atoms with Crippen LogP contribution in [0, 0.1) is 0 Å². The first-order chi connectivity index (χ1) is 12.1. The van der Waals surface area contributed by atoms with Crippen LogP contribution in [-0.4, -0.2) is 18.7 Å². The first kappa shape index (κ1) is 17.6. The van der Waals surface area contributed by atoms with Gasteiger partial charge in [-0.2, -0.15) is 5.10 Å². The number of carbonyl (C=O) groups is 1. The average Bonchev–Trinajstić information content (AvgIpc) is 2.61. The number of halogens is 2. The van der Waals surface area contributed by atoms with Gasteiger partial charge in [0.2, 0.25) is 0 Å². The number of nitrogens with zero attached hydrogens (tertiary/aromatic N) is 1. The van der Waals surface area contributed by atoms with E-state index >= 15 is 0 Å². The van der Waals surface area contributed by atoms with Gasteiger partial charge in [0.25, 0.3) is 5.91 Å². The van der Waals surface area contributed by atoms with Crippen LogP contribution < -0.4 is 10.2 Å². The maximum Gasteiger partial charge on any atom is 0.277 e. The van der Waals surface area contributed by atoms with Crippen molar-refractivity contribution in [3.8, 4) is 5.75 Å². The van der Waals surface area contributed by atoms with E-state index in [1.807, 2.05) is 48.5 Å². The first-order valence-electron chi connectivity index (χ1n) is 7.50. The lowest BCUT2D eigenvalue weighted by Gasteiger charge is -2.07. The third kappa shape index (κ3) is 4.90. The Hall–Kier alpha value is -2.18. The zero-order valence-electron chi connectivity index (χ0n) is 13.1. The summed E-state index contributed by atoms with van der Waals surface area (Å²) in [4.78, 5) is 11.8. The average molecular weight is 462 g/mol. The van der Waals surface area contributed by atoms with Gasteiger partial charge in [0.05, 0.1) is 10.7 Å². The second-order valence-electron chi connectivity index (χ2n) is 5.26. The molecule has 0 aliphatic heterocycles. The second-order valence-corrected chi connectivity index (χ2v) is 7.03. The molecule has 0 aliphatic carbocycles. The maximum absolute atomic E-state index is 11.8. The molecule has 0 heterocycles. The molecule has 126 valence electrons. The molecule has 6 heteroatoms. The molecule has 0 atom stereocenters. The van der Waals surface area contributed by atoms with Crippen molar-refractivity contribution >= 4 is 54.8 Å². The summed E-state index contributed by atoms with van der Waals surface area (Å²) in [6.07, 6.45) is 1.61. The van der Waals surface area contributed by atoms with E-state index in [0.29, 0.717) is 5.75 Å². The summed E-state index contributed by atoms with van der Waals surface area (Å²) < 4.78 is 7.16. The van der Waals surface area contributed by atoms with E-state index in [-0.39, 0.29) is 12.5 Å². The van der Waals surface area contributed by atoms with E-state index in [1.54, 1.807) is 12.3 Å². The van der Waals surface area contributed by atoms with Crippen LogP contribution in [0.5, 0.6) is 5.75 Å². The van der Waals surface area contributed by atoms with Gasteiger partial charge in [0.15, 0.2) is 6.61 Å². The molecule has 0 saturated heterocycles. The third-order valence-corrected chi connectivity index (χ3v) is 4.54. The van der Waals surface area contributed by atoms with Gasteiger partial charge in [-0.15, -0.1) is 0 Å². The van der Waals surface area contributed by atoms with Crippen LogP contribution in [0.1, 0.15) is 5.56 Å². The fraction of sp³-hybridized carbons (Fsp3) is 0.0526. The summed E-state index contributed by atoms with van der Waals surface area (Å²) in [5.41, 5.74) is 3.37. The number of rotatable bonds is 5. The molecule has 0 unspecified atom stereocenters. The van der Waals surface area contributed by atoms with Crippen LogP contribution in [0.15, 0.2) is 74.7 Å². The minimum atomic E-state index is -0.327. The van der Waals surface area contributed by atoms with Crippen molar-refractivity contribution in [3.63, 3.8) is 0 Å². The number of carbonyl (C=O) groups excluding carboxylic acids is 1. The third-order valence-electron chi connectivity index (χ3n) is 3.43. The van der Waals surface area contributed by atoms with Gasteiger partial charge < -0.3 is 4.74 Å². The molecule has 4 nitrogen and oxygen atoms in total. The molecule has 0 spiro atoms. The largest absolute Gasteiger partial charge is 0.483 e. The van der Waals surface area contributed by atoms with Crippen molar-refractivity contribution in [2.45, 2.75) is 0 Å². The van der Waals surface area contributed by atoms with Crippen LogP contribution in [0.4, 0.5) is 0 Å². The Labute approximate surface area is 162 Å². The zero-order chi connectivity index (χ0) is 17.6. The highest BCUT2D eigenvalue weighted by Gasteiger charge is 2.05. The summed E-state index contributed by atoms with van der Waals surface area (Å²) in [6.45, 7) is -0.116.